The maximum absolute atomic E-state index is 13.2. The van der Waals surface area contributed by atoms with Gasteiger partial charge in [-0.1, -0.05) is 0 Å². The summed E-state index contributed by atoms with van der Waals surface area (Å²) in [5.41, 5.74) is 2.22. The van der Waals surface area contributed by atoms with Crippen molar-refractivity contribution in [3.63, 3.8) is 0 Å². The molecule has 0 bridgehead atoms. The van der Waals surface area contributed by atoms with Crippen LogP contribution in [-0.2, 0) is 13.1 Å². The van der Waals surface area contributed by atoms with E-state index in [1.165, 1.54) is 23.1 Å². The van der Waals surface area contributed by atoms with Gasteiger partial charge in [0.2, 0.25) is 5.88 Å². The number of fused-ring (bicyclic) bond motifs is 1. The zero-order chi connectivity index (χ0) is 25.3. The Morgan fingerprint density at radius 1 is 1.14 bits per heavy atom. The molecule has 1 aliphatic rings. The average Bonchev–Trinajstić information content (AvgIpc) is 3.37. The van der Waals surface area contributed by atoms with E-state index in [4.69, 9.17) is 9.47 Å². The second-order valence-electron chi connectivity index (χ2n) is 8.35. The molecular formula is C24H22F3N5O3. The molecule has 1 amide bonds. The van der Waals surface area contributed by atoms with Gasteiger partial charge in [0, 0.05) is 30.6 Å². The number of pyridine rings is 1. The number of carbonyl (C=O) groups excluding carboxylic acids is 1. The number of benzene rings is 1. The van der Waals surface area contributed by atoms with Gasteiger partial charge < -0.3 is 14.4 Å². The minimum atomic E-state index is -4.60. The van der Waals surface area contributed by atoms with E-state index in [0.29, 0.717) is 11.6 Å². The summed E-state index contributed by atoms with van der Waals surface area (Å²) < 4.78 is 51.4. The summed E-state index contributed by atoms with van der Waals surface area (Å²) >= 11 is 0. The second-order valence-corrected chi connectivity index (χ2v) is 8.35. The second kappa shape index (κ2) is 9.29. The minimum absolute atomic E-state index is 0.0347. The van der Waals surface area contributed by atoms with Crippen molar-refractivity contribution in [1.29, 1.82) is 5.26 Å². The maximum Gasteiger partial charge on any atom is 0.425 e. The lowest BCUT2D eigenvalue weighted by atomic mass is 10.1. The SMILES string of the molecule is CC(C)Oc1cc(-n2cc3c(n2)CN(C(=O)c2cc(C#N)ccc2O[C@H](C)C(F)(F)F)C3)ccn1. The number of nitriles is 1. The molecule has 0 unspecified atom stereocenters. The summed E-state index contributed by atoms with van der Waals surface area (Å²) in [6.07, 6.45) is -3.36. The summed E-state index contributed by atoms with van der Waals surface area (Å²) in [6.45, 7) is 5.02. The zero-order valence-electron chi connectivity index (χ0n) is 19.2. The molecule has 3 heterocycles. The van der Waals surface area contributed by atoms with Crippen LogP contribution in [0.4, 0.5) is 13.2 Å². The molecule has 35 heavy (non-hydrogen) atoms. The quantitative estimate of drug-likeness (QED) is 0.514. The Balaban J connectivity index is 1.55. The molecule has 1 aromatic carbocycles. The van der Waals surface area contributed by atoms with E-state index >= 15 is 0 Å². The number of alkyl halides is 3. The van der Waals surface area contributed by atoms with E-state index in [1.807, 2.05) is 19.9 Å². The summed E-state index contributed by atoms with van der Waals surface area (Å²) in [4.78, 5) is 18.9. The fourth-order valence-electron chi connectivity index (χ4n) is 3.57. The number of amides is 1. The Morgan fingerprint density at radius 2 is 1.91 bits per heavy atom. The van der Waals surface area contributed by atoms with Gasteiger partial charge in [0.25, 0.3) is 5.91 Å². The third-order valence-corrected chi connectivity index (χ3v) is 5.31. The van der Waals surface area contributed by atoms with Crippen LogP contribution in [0.1, 0.15) is 48.0 Å². The molecule has 0 fully saturated rings. The first-order valence-corrected chi connectivity index (χ1v) is 10.8. The highest BCUT2D eigenvalue weighted by molar-refractivity contribution is 5.97. The molecule has 0 saturated carbocycles. The Morgan fingerprint density at radius 3 is 2.57 bits per heavy atom. The van der Waals surface area contributed by atoms with Crippen LogP contribution in [-0.4, -0.2) is 44.0 Å². The van der Waals surface area contributed by atoms with Gasteiger partial charge in [-0.2, -0.15) is 23.5 Å². The molecule has 8 nitrogen and oxygen atoms in total. The predicted octanol–water partition coefficient (Wildman–Crippen LogP) is 4.41. The van der Waals surface area contributed by atoms with E-state index < -0.39 is 18.2 Å². The van der Waals surface area contributed by atoms with Gasteiger partial charge in [-0.3, -0.25) is 4.79 Å². The first-order chi connectivity index (χ1) is 16.5. The summed E-state index contributed by atoms with van der Waals surface area (Å²) in [5, 5.41) is 13.8. The Kier molecular flexibility index (Phi) is 6.39. The monoisotopic (exact) mass is 485 g/mol. The molecule has 0 saturated heterocycles. The van der Waals surface area contributed by atoms with Crippen molar-refractivity contribution >= 4 is 5.91 Å². The van der Waals surface area contributed by atoms with E-state index in [9.17, 15) is 23.2 Å². The fourth-order valence-corrected chi connectivity index (χ4v) is 3.57. The highest BCUT2D eigenvalue weighted by Crippen LogP contribution is 2.31. The van der Waals surface area contributed by atoms with Gasteiger partial charge in [0.15, 0.2) is 6.10 Å². The van der Waals surface area contributed by atoms with Crippen molar-refractivity contribution in [3.05, 3.63) is 65.1 Å². The number of carbonyl (C=O) groups is 1. The molecule has 0 N–H and O–H groups in total. The lowest BCUT2D eigenvalue weighted by molar-refractivity contribution is -0.189. The van der Waals surface area contributed by atoms with Crippen molar-refractivity contribution in [1.82, 2.24) is 19.7 Å². The van der Waals surface area contributed by atoms with Crippen molar-refractivity contribution < 1.29 is 27.4 Å². The topological polar surface area (TPSA) is 93.3 Å². The van der Waals surface area contributed by atoms with Gasteiger partial charge >= 0.3 is 6.18 Å². The normalized spacial score (nSPS) is 13.9. The van der Waals surface area contributed by atoms with Gasteiger partial charge in [-0.15, -0.1) is 0 Å². The molecule has 0 radical (unpaired) electrons. The zero-order valence-corrected chi connectivity index (χ0v) is 19.2. The summed E-state index contributed by atoms with van der Waals surface area (Å²) in [5.74, 6) is -0.321. The van der Waals surface area contributed by atoms with Gasteiger partial charge in [0.1, 0.15) is 5.75 Å². The molecule has 2 aromatic heterocycles. The van der Waals surface area contributed by atoms with Gasteiger partial charge in [0.05, 0.1) is 41.2 Å². The number of hydrogen-bond acceptors (Lipinski definition) is 6. The van der Waals surface area contributed by atoms with Crippen molar-refractivity contribution in [2.75, 3.05) is 0 Å². The molecule has 0 aliphatic carbocycles. The Bertz CT molecular complexity index is 1270. The predicted molar refractivity (Wildman–Crippen MR) is 118 cm³/mol. The number of nitrogens with zero attached hydrogens (tertiary/aromatic N) is 5. The molecule has 4 rings (SSSR count). The number of rotatable bonds is 6. The molecule has 0 spiro atoms. The first kappa shape index (κ1) is 24.1. The van der Waals surface area contributed by atoms with Crippen LogP contribution in [0, 0.1) is 11.3 Å². The van der Waals surface area contributed by atoms with Crippen LogP contribution < -0.4 is 9.47 Å². The van der Waals surface area contributed by atoms with E-state index in [2.05, 4.69) is 10.1 Å². The molecule has 182 valence electrons. The highest BCUT2D eigenvalue weighted by Gasteiger charge is 2.39. The number of ether oxygens (including phenoxy) is 2. The standard InChI is InChI=1S/C24H22F3N5O3/c1-14(2)34-22-9-18(6-7-29-22)32-12-17-11-31(13-20(17)30-32)23(33)19-8-16(10-28)4-5-21(19)35-15(3)24(25,26)27/h4-9,12,14-15H,11,13H2,1-3H3/t15-/m1/s1. The molecule has 3 aromatic rings. The maximum atomic E-state index is 13.2. The number of halogens is 3. The van der Waals surface area contributed by atoms with E-state index in [-0.39, 0.29) is 36.1 Å². The number of aromatic nitrogens is 3. The van der Waals surface area contributed by atoms with Crippen LogP contribution in [0.5, 0.6) is 11.6 Å². The summed E-state index contributed by atoms with van der Waals surface area (Å²) in [7, 11) is 0. The van der Waals surface area contributed by atoms with Crippen LogP contribution in [0.15, 0.2) is 42.7 Å². The lowest BCUT2D eigenvalue weighted by Gasteiger charge is -2.22. The molecular weight excluding hydrogens is 463 g/mol. The smallest absolute Gasteiger partial charge is 0.425 e. The van der Waals surface area contributed by atoms with Crippen molar-refractivity contribution in [3.8, 4) is 23.4 Å². The van der Waals surface area contributed by atoms with E-state index in [1.54, 1.807) is 29.2 Å². The van der Waals surface area contributed by atoms with Gasteiger partial charge in [-0.25, -0.2) is 9.67 Å². The van der Waals surface area contributed by atoms with Crippen LogP contribution in [0.25, 0.3) is 5.69 Å². The number of hydrogen-bond donors (Lipinski definition) is 0. The Hall–Kier alpha value is -4.07. The van der Waals surface area contributed by atoms with Crippen molar-refractivity contribution in [2.45, 2.75) is 52.2 Å². The molecule has 11 heteroatoms. The first-order valence-electron chi connectivity index (χ1n) is 10.8. The molecule has 1 atom stereocenters. The minimum Gasteiger partial charge on any atom is -0.480 e. The van der Waals surface area contributed by atoms with Gasteiger partial charge in [-0.05, 0) is 45.0 Å². The fraction of sp³-hybridized carbons (Fsp3) is 0.333. The third-order valence-electron chi connectivity index (χ3n) is 5.31. The van der Waals surface area contributed by atoms with Crippen molar-refractivity contribution in [2.24, 2.45) is 0 Å². The lowest BCUT2D eigenvalue weighted by Crippen LogP contribution is -2.32. The van der Waals surface area contributed by atoms with E-state index in [0.717, 1.165) is 18.2 Å². The highest BCUT2D eigenvalue weighted by atomic mass is 19.4. The van der Waals surface area contributed by atoms with Crippen LogP contribution in [0.3, 0.4) is 0 Å². The average molecular weight is 485 g/mol. The summed E-state index contributed by atoms with van der Waals surface area (Å²) in [6, 6.07) is 9.19. The van der Waals surface area contributed by atoms with Crippen LogP contribution in [0.2, 0.25) is 0 Å². The molecule has 1 aliphatic heterocycles. The third kappa shape index (κ3) is 5.21. The Labute approximate surface area is 199 Å². The van der Waals surface area contributed by atoms with Crippen LogP contribution >= 0.6 is 0 Å². The largest absolute Gasteiger partial charge is 0.480 e.